The van der Waals surface area contributed by atoms with Crippen molar-refractivity contribution in [2.45, 2.75) is 32.6 Å². The van der Waals surface area contributed by atoms with Gasteiger partial charge in [-0.15, -0.1) is 0 Å². The van der Waals surface area contributed by atoms with E-state index in [2.05, 4.69) is 41.7 Å². The second-order valence-electron chi connectivity index (χ2n) is 4.65. The van der Waals surface area contributed by atoms with Crippen molar-refractivity contribution in [3.63, 3.8) is 0 Å². The second kappa shape index (κ2) is 6.44. The molecule has 0 amide bonds. The Morgan fingerprint density at radius 2 is 1.94 bits per heavy atom. The molecule has 0 spiro atoms. The average molecular weight is 393 g/mol. The number of hydrogen-bond acceptors (Lipinski definition) is 0. The number of halogens is 3. The van der Waals surface area contributed by atoms with Crippen LogP contribution in [0.25, 0.3) is 0 Å². The molecule has 1 aromatic rings. The van der Waals surface area contributed by atoms with E-state index in [0.717, 1.165) is 35.7 Å². The molecule has 0 bridgehead atoms. The van der Waals surface area contributed by atoms with Gasteiger partial charge in [-0.3, -0.25) is 0 Å². The van der Waals surface area contributed by atoms with Crippen molar-refractivity contribution in [3.05, 3.63) is 54.6 Å². The Hall–Kier alpha value is 0.01000. The lowest BCUT2D eigenvalue weighted by Gasteiger charge is -2.14. The molecule has 18 heavy (non-hydrogen) atoms. The van der Waals surface area contributed by atoms with E-state index >= 15 is 0 Å². The third kappa shape index (κ3) is 3.75. The first-order valence-electron chi connectivity index (χ1n) is 6.05. The van der Waals surface area contributed by atoms with Gasteiger partial charge in [0.05, 0.1) is 0 Å². The zero-order valence-electron chi connectivity index (χ0n) is 10.3. The molecule has 3 heteroatoms. The Labute approximate surface area is 132 Å². The van der Waals surface area contributed by atoms with Gasteiger partial charge >= 0.3 is 0 Å². The fraction of sp³-hybridized carbons (Fsp3) is 0.333. The highest BCUT2D eigenvalue weighted by atomic mass is 127. The van der Waals surface area contributed by atoms with E-state index in [-0.39, 0.29) is 0 Å². The predicted octanol–water partition coefficient (Wildman–Crippen LogP) is 6.19. The molecule has 0 atom stereocenters. The Morgan fingerprint density at radius 1 is 1.17 bits per heavy atom. The van der Waals surface area contributed by atoms with Crippen LogP contribution in [0.15, 0.2) is 38.5 Å². The number of hydrogen-bond donors (Lipinski definition) is 0. The van der Waals surface area contributed by atoms with Gasteiger partial charge in [0.25, 0.3) is 0 Å². The van der Waals surface area contributed by atoms with E-state index in [9.17, 15) is 0 Å². The maximum absolute atomic E-state index is 6.21. The van der Waals surface area contributed by atoms with Gasteiger partial charge < -0.3 is 0 Å². The van der Waals surface area contributed by atoms with E-state index in [1.165, 1.54) is 20.3 Å². The number of aryl methyl sites for hydroxylation is 2. The number of benzene rings is 1. The molecule has 2 rings (SSSR count). The molecule has 0 nitrogen and oxygen atoms in total. The minimum atomic E-state index is 0.869. The molecule has 0 saturated carbocycles. The first kappa shape index (κ1) is 14.4. The number of rotatable bonds is 3. The lowest BCUT2D eigenvalue weighted by Crippen LogP contribution is -1.96. The first-order chi connectivity index (χ1) is 8.56. The molecule has 1 aliphatic carbocycles. The summed E-state index contributed by atoms with van der Waals surface area (Å²) in [5.41, 5.74) is 3.93. The molecule has 1 aliphatic rings. The molecule has 0 radical (unpaired) electrons. The zero-order valence-corrected chi connectivity index (χ0v) is 13.9. The first-order valence-corrected chi connectivity index (χ1v) is 7.88. The van der Waals surface area contributed by atoms with Crippen LogP contribution in [0.5, 0.6) is 0 Å². The predicted molar refractivity (Wildman–Crippen MR) is 88.7 cm³/mol. The maximum Gasteiger partial charge on any atom is 0.0498 e. The van der Waals surface area contributed by atoms with E-state index in [1.807, 2.05) is 12.1 Å². The number of allylic oxidation sites excluding steroid dienone is 4. The van der Waals surface area contributed by atoms with E-state index in [1.54, 1.807) is 0 Å². The molecule has 0 aromatic heterocycles. The average Bonchev–Trinajstić information content (AvgIpc) is 2.34. The van der Waals surface area contributed by atoms with Crippen LogP contribution in [0.3, 0.4) is 0 Å². The van der Waals surface area contributed by atoms with Gasteiger partial charge in [0.15, 0.2) is 0 Å². The van der Waals surface area contributed by atoms with Gasteiger partial charge in [0.2, 0.25) is 0 Å². The van der Waals surface area contributed by atoms with E-state index in [0.29, 0.717) is 0 Å². The van der Waals surface area contributed by atoms with Gasteiger partial charge in [-0.25, -0.2) is 0 Å². The minimum absolute atomic E-state index is 0.869. The molecule has 1 aromatic carbocycles. The Balaban J connectivity index is 2.04. The molecule has 0 unspecified atom stereocenters. The van der Waals surface area contributed by atoms with Gasteiger partial charge in [-0.05, 0) is 72.9 Å². The Kier molecular flexibility index (Phi) is 5.16. The fourth-order valence-corrected chi connectivity index (χ4v) is 2.99. The van der Waals surface area contributed by atoms with Crippen molar-refractivity contribution < 1.29 is 0 Å². The zero-order chi connectivity index (χ0) is 13.1. The molecular weight excluding hydrogens is 378 g/mol. The SMILES string of the molecule is Cc1ccc(Cl)c(CCC2=CC(Cl)=C(I)CC2)c1. The minimum Gasteiger partial charge on any atom is -0.0840 e. The summed E-state index contributed by atoms with van der Waals surface area (Å²) in [5.74, 6) is 0. The molecule has 0 N–H and O–H groups in total. The van der Waals surface area contributed by atoms with Crippen LogP contribution in [0.4, 0.5) is 0 Å². The summed E-state index contributed by atoms with van der Waals surface area (Å²) in [6.07, 6.45) is 6.36. The Bertz CT molecular complexity index is 515. The van der Waals surface area contributed by atoms with Crippen LogP contribution in [0.2, 0.25) is 5.02 Å². The molecule has 0 fully saturated rings. The normalized spacial score (nSPS) is 15.9. The highest BCUT2D eigenvalue weighted by Gasteiger charge is 2.10. The molecule has 0 saturated heterocycles. The summed E-state index contributed by atoms with van der Waals surface area (Å²) < 4.78 is 1.27. The largest absolute Gasteiger partial charge is 0.0840 e. The quantitative estimate of drug-likeness (QED) is 0.538. The van der Waals surface area contributed by atoms with Crippen molar-refractivity contribution in [2.75, 3.05) is 0 Å². The second-order valence-corrected chi connectivity index (χ2v) is 6.77. The van der Waals surface area contributed by atoms with Crippen LogP contribution < -0.4 is 0 Å². The van der Waals surface area contributed by atoms with Gasteiger partial charge in [-0.1, -0.05) is 46.5 Å². The Morgan fingerprint density at radius 3 is 2.67 bits per heavy atom. The van der Waals surface area contributed by atoms with Crippen molar-refractivity contribution >= 4 is 45.8 Å². The standard InChI is InChI=1S/C15H15Cl2I/c1-10-2-6-13(16)12(8-10)5-3-11-4-7-15(18)14(17)9-11/h2,6,8-9H,3-5,7H2,1H3. The van der Waals surface area contributed by atoms with Crippen molar-refractivity contribution in [2.24, 2.45) is 0 Å². The van der Waals surface area contributed by atoms with Crippen LogP contribution in [0, 0.1) is 6.92 Å². The molecule has 0 heterocycles. The van der Waals surface area contributed by atoms with Crippen LogP contribution in [-0.2, 0) is 6.42 Å². The van der Waals surface area contributed by atoms with Gasteiger partial charge in [0, 0.05) is 13.6 Å². The third-order valence-electron chi connectivity index (χ3n) is 3.17. The molecule has 96 valence electrons. The molecule has 0 aliphatic heterocycles. The molecular formula is C15H15Cl2I. The summed E-state index contributed by atoms with van der Waals surface area (Å²) in [5, 5.41) is 1.78. The van der Waals surface area contributed by atoms with Crippen LogP contribution >= 0.6 is 45.8 Å². The summed E-state index contributed by atoms with van der Waals surface area (Å²) in [6, 6.07) is 6.21. The van der Waals surface area contributed by atoms with Crippen molar-refractivity contribution in [3.8, 4) is 0 Å². The summed E-state index contributed by atoms with van der Waals surface area (Å²) in [6.45, 7) is 2.10. The lowest BCUT2D eigenvalue weighted by atomic mass is 9.97. The van der Waals surface area contributed by atoms with E-state index in [4.69, 9.17) is 23.2 Å². The third-order valence-corrected chi connectivity index (χ3v) is 5.32. The summed E-state index contributed by atoms with van der Waals surface area (Å²) in [7, 11) is 0. The topological polar surface area (TPSA) is 0 Å². The van der Waals surface area contributed by atoms with E-state index < -0.39 is 0 Å². The smallest absolute Gasteiger partial charge is 0.0498 e. The highest BCUT2D eigenvalue weighted by molar-refractivity contribution is 14.1. The van der Waals surface area contributed by atoms with Crippen LogP contribution in [-0.4, -0.2) is 0 Å². The monoisotopic (exact) mass is 392 g/mol. The summed E-state index contributed by atoms with van der Waals surface area (Å²) >= 11 is 14.7. The summed E-state index contributed by atoms with van der Waals surface area (Å²) in [4.78, 5) is 0. The van der Waals surface area contributed by atoms with Crippen molar-refractivity contribution in [1.29, 1.82) is 0 Å². The van der Waals surface area contributed by atoms with Crippen molar-refractivity contribution in [1.82, 2.24) is 0 Å². The maximum atomic E-state index is 6.21. The highest BCUT2D eigenvalue weighted by Crippen LogP contribution is 2.32. The fourth-order valence-electron chi connectivity index (χ4n) is 2.11. The van der Waals surface area contributed by atoms with Crippen LogP contribution in [0.1, 0.15) is 30.4 Å². The van der Waals surface area contributed by atoms with Gasteiger partial charge in [-0.2, -0.15) is 0 Å². The lowest BCUT2D eigenvalue weighted by molar-refractivity contribution is 0.835. The van der Waals surface area contributed by atoms with Gasteiger partial charge in [0.1, 0.15) is 0 Å².